The van der Waals surface area contributed by atoms with Gasteiger partial charge in [-0.15, -0.1) is 0 Å². The Morgan fingerprint density at radius 2 is 1.59 bits per heavy atom. The van der Waals surface area contributed by atoms with Gasteiger partial charge in [0.15, 0.2) is 0 Å². The van der Waals surface area contributed by atoms with Gasteiger partial charge < -0.3 is 10.1 Å². The van der Waals surface area contributed by atoms with E-state index < -0.39 is 0 Å². The fourth-order valence-corrected chi connectivity index (χ4v) is 4.29. The maximum atomic E-state index is 13.2. The molecule has 1 aliphatic rings. The third-order valence-corrected chi connectivity index (χ3v) is 6.08. The number of hydrogen-bond acceptors (Lipinski definition) is 2. The molecular formula is C26H23NO2. The Kier molecular flexibility index (Phi) is 4.06. The summed E-state index contributed by atoms with van der Waals surface area (Å²) >= 11 is 0. The molecule has 0 atom stereocenters. The summed E-state index contributed by atoms with van der Waals surface area (Å²) in [6.07, 6.45) is 1.90. The topological polar surface area (TPSA) is 38.3 Å². The van der Waals surface area contributed by atoms with Crippen LogP contribution in [0.3, 0.4) is 0 Å². The van der Waals surface area contributed by atoms with Gasteiger partial charge >= 0.3 is 0 Å². The van der Waals surface area contributed by atoms with Crippen molar-refractivity contribution in [1.82, 2.24) is 5.32 Å². The minimum absolute atomic E-state index is 0.0452. The highest BCUT2D eigenvalue weighted by Gasteiger charge is 2.47. The molecule has 0 aliphatic heterocycles. The van der Waals surface area contributed by atoms with Crippen LogP contribution in [0, 0.1) is 6.92 Å². The molecule has 0 saturated heterocycles. The van der Waals surface area contributed by atoms with Crippen molar-refractivity contribution in [3.63, 3.8) is 0 Å². The van der Waals surface area contributed by atoms with E-state index in [2.05, 4.69) is 59.9 Å². The zero-order chi connectivity index (χ0) is 20.0. The van der Waals surface area contributed by atoms with E-state index >= 15 is 0 Å². The highest BCUT2D eigenvalue weighted by atomic mass is 16.5. The van der Waals surface area contributed by atoms with E-state index in [0.717, 1.165) is 18.4 Å². The molecule has 1 aliphatic carbocycles. The van der Waals surface area contributed by atoms with Gasteiger partial charge in [0.25, 0.3) is 5.91 Å². The summed E-state index contributed by atoms with van der Waals surface area (Å²) < 4.78 is 5.32. The van der Waals surface area contributed by atoms with E-state index in [1.165, 1.54) is 27.1 Å². The maximum absolute atomic E-state index is 13.2. The lowest BCUT2D eigenvalue weighted by Gasteiger charge is -2.22. The number of rotatable bonds is 4. The summed E-state index contributed by atoms with van der Waals surface area (Å²) in [6.45, 7) is 1.96. The van der Waals surface area contributed by atoms with E-state index in [-0.39, 0.29) is 11.4 Å². The van der Waals surface area contributed by atoms with Crippen molar-refractivity contribution in [2.75, 3.05) is 7.11 Å². The predicted molar refractivity (Wildman–Crippen MR) is 118 cm³/mol. The lowest BCUT2D eigenvalue weighted by Crippen LogP contribution is -2.35. The summed E-state index contributed by atoms with van der Waals surface area (Å²) in [5, 5.41) is 8.26. The lowest BCUT2D eigenvalue weighted by molar-refractivity contribution is 0.0930. The zero-order valence-electron chi connectivity index (χ0n) is 16.7. The van der Waals surface area contributed by atoms with Crippen LogP contribution in [0.4, 0.5) is 0 Å². The first-order valence-corrected chi connectivity index (χ1v) is 9.99. The smallest absolute Gasteiger partial charge is 0.252 e. The van der Waals surface area contributed by atoms with Gasteiger partial charge in [-0.2, -0.15) is 0 Å². The Hall–Kier alpha value is -3.33. The second-order valence-electron chi connectivity index (χ2n) is 7.91. The highest BCUT2D eigenvalue weighted by Crippen LogP contribution is 2.49. The van der Waals surface area contributed by atoms with Crippen LogP contribution in [0.2, 0.25) is 0 Å². The van der Waals surface area contributed by atoms with Gasteiger partial charge in [0.2, 0.25) is 0 Å². The number of carbonyl (C=O) groups excluding carboxylic acids is 1. The number of ether oxygens (including phenoxy) is 1. The third kappa shape index (κ3) is 2.94. The van der Waals surface area contributed by atoms with Gasteiger partial charge in [0.05, 0.1) is 12.6 Å². The summed E-state index contributed by atoms with van der Waals surface area (Å²) in [7, 11) is 1.62. The summed E-state index contributed by atoms with van der Waals surface area (Å²) in [4.78, 5) is 13.2. The van der Waals surface area contributed by atoms with Crippen LogP contribution in [-0.2, 0) is 5.54 Å². The first kappa shape index (κ1) is 17.7. The summed E-state index contributed by atoms with van der Waals surface area (Å²) in [6, 6.07) is 24.8. The molecule has 3 heteroatoms. The molecule has 0 aromatic heterocycles. The number of benzene rings is 4. The number of carbonyl (C=O) groups is 1. The predicted octanol–water partition coefficient (Wildman–Crippen LogP) is 5.73. The molecule has 0 heterocycles. The van der Waals surface area contributed by atoms with Gasteiger partial charge in [0, 0.05) is 5.56 Å². The second-order valence-corrected chi connectivity index (χ2v) is 7.91. The monoisotopic (exact) mass is 381 g/mol. The molecule has 1 N–H and O–H groups in total. The van der Waals surface area contributed by atoms with Crippen molar-refractivity contribution < 1.29 is 9.53 Å². The Morgan fingerprint density at radius 3 is 2.31 bits per heavy atom. The third-order valence-electron chi connectivity index (χ3n) is 6.08. The first-order chi connectivity index (χ1) is 14.1. The van der Waals surface area contributed by atoms with Crippen molar-refractivity contribution in [2.45, 2.75) is 25.3 Å². The van der Waals surface area contributed by atoms with Crippen LogP contribution in [0.15, 0.2) is 72.8 Å². The minimum atomic E-state index is -0.309. The number of fused-ring (bicyclic) bond motifs is 3. The van der Waals surface area contributed by atoms with Crippen LogP contribution in [-0.4, -0.2) is 13.0 Å². The van der Waals surface area contributed by atoms with Gasteiger partial charge in [-0.1, -0.05) is 54.6 Å². The molecule has 4 aromatic carbocycles. The highest BCUT2D eigenvalue weighted by molar-refractivity contribution is 6.09. The van der Waals surface area contributed by atoms with E-state index in [4.69, 9.17) is 4.74 Å². The van der Waals surface area contributed by atoms with Gasteiger partial charge in [0.1, 0.15) is 5.75 Å². The SMILES string of the molecule is COc1ccc(C)c(C(=O)NC2(c3cc4ccccc4c4ccccc34)CC2)c1. The molecule has 1 amide bonds. The molecule has 4 aromatic rings. The quantitative estimate of drug-likeness (QED) is 0.459. The fraction of sp³-hybridized carbons (Fsp3) is 0.192. The van der Waals surface area contributed by atoms with E-state index in [1.807, 2.05) is 25.1 Å². The number of hydrogen-bond donors (Lipinski definition) is 1. The van der Waals surface area contributed by atoms with Crippen molar-refractivity contribution in [3.05, 3.63) is 89.5 Å². The number of methoxy groups -OCH3 is 1. The van der Waals surface area contributed by atoms with Gasteiger partial charge in [-0.05, 0) is 70.6 Å². The maximum Gasteiger partial charge on any atom is 0.252 e. The Labute approximate surface area is 170 Å². The minimum Gasteiger partial charge on any atom is -0.497 e. The molecule has 0 spiro atoms. The molecule has 0 bridgehead atoms. The second kappa shape index (κ2) is 6.63. The van der Waals surface area contributed by atoms with Crippen LogP contribution in [0.5, 0.6) is 5.75 Å². The Bertz CT molecular complexity index is 1250. The van der Waals surface area contributed by atoms with Crippen LogP contribution < -0.4 is 10.1 Å². The van der Waals surface area contributed by atoms with E-state index in [9.17, 15) is 4.79 Å². The summed E-state index contributed by atoms with van der Waals surface area (Å²) in [5.74, 6) is 0.651. The van der Waals surface area contributed by atoms with Crippen LogP contribution in [0.1, 0.15) is 34.3 Å². The molecule has 1 fully saturated rings. The lowest BCUT2D eigenvalue weighted by atomic mass is 9.92. The standard InChI is InChI=1S/C26H23NO2/c1-17-11-12-19(29-2)16-23(17)25(28)27-26(13-14-26)24-15-18-7-3-4-8-20(18)21-9-5-6-10-22(21)24/h3-12,15-16H,13-14H2,1-2H3,(H,27,28). The molecule has 144 valence electrons. The molecule has 0 radical (unpaired) electrons. The number of nitrogens with one attached hydrogen (secondary N) is 1. The summed E-state index contributed by atoms with van der Waals surface area (Å²) in [5.41, 5.74) is 2.51. The first-order valence-electron chi connectivity index (χ1n) is 9.99. The van der Waals surface area contributed by atoms with Crippen LogP contribution in [0.25, 0.3) is 21.5 Å². The normalized spacial score (nSPS) is 14.7. The fourth-order valence-electron chi connectivity index (χ4n) is 4.29. The van der Waals surface area contributed by atoms with Gasteiger partial charge in [-0.25, -0.2) is 0 Å². The van der Waals surface area contributed by atoms with Gasteiger partial charge in [-0.3, -0.25) is 4.79 Å². The molecule has 3 nitrogen and oxygen atoms in total. The molecule has 0 unspecified atom stereocenters. The van der Waals surface area contributed by atoms with Crippen molar-refractivity contribution >= 4 is 27.5 Å². The van der Waals surface area contributed by atoms with Crippen molar-refractivity contribution in [1.29, 1.82) is 0 Å². The molecule has 5 rings (SSSR count). The zero-order valence-corrected chi connectivity index (χ0v) is 16.7. The molecular weight excluding hydrogens is 358 g/mol. The average molecular weight is 381 g/mol. The average Bonchev–Trinajstić information content (AvgIpc) is 3.53. The Balaban J connectivity index is 1.60. The Morgan fingerprint density at radius 1 is 0.897 bits per heavy atom. The largest absolute Gasteiger partial charge is 0.497 e. The van der Waals surface area contributed by atoms with E-state index in [1.54, 1.807) is 7.11 Å². The van der Waals surface area contributed by atoms with Crippen LogP contribution >= 0.6 is 0 Å². The molecule has 29 heavy (non-hydrogen) atoms. The number of amides is 1. The van der Waals surface area contributed by atoms with E-state index in [0.29, 0.717) is 11.3 Å². The molecule has 1 saturated carbocycles. The van der Waals surface area contributed by atoms with Crippen molar-refractivity contribution in [3.8, 4) is 5.75 Å². The number of aryl methyl sites for hydroxylation is 1. The van der Waals surface area contributed by atoms with Crippen molar-refractivity contribution in [2.24, 2.45) is 0 Å².